The van der Waals surface area contributed by atoms with E-state index in [0.717, 1.165) is 51.2 Å². The SMILES string of the molecule is COC.FC(F)(F)c1cc(OCC23CCCN2CCC3)ncn1. The maximum Gasteiger partial charge on any atom is 0.433 e. The van der Waals surface area contributed by atoms with Gasteiger partial charge in [-0.3, -0.25) is 4.90 Å². The van der Waals surface area contributed by atoms with E-state index in [-0.39, 0.29) is 11.4 Å². The lowest BCUT2D eigenvalue weighted by Gasteiger charge is -2.31. The first-order valence-electron chi connectivity index (χ1n) is 7.58. The van der Waals surface area contributed by atoms with Crippen molar-refractivity contribution in [3.8, 4) is 5.88 Å². The molecule has 0 N–H and O–H groups in total. The van der Waals surface area contributed by atoms with Crippen LogP contribution in [0.25, 0.3) is 0 Å². The number of alkyl halides is 3. The van der Waals surface area contributed by atoms with Gasteiger partial charge in [0.15, 0.2) is 5.69 Å². The van der Waals surface area contributed by atoms with Crippen molar-refractivity contribution in [3.63, 3.8) is 0 Å². The van der Waals surface area contributed by atoms with Crippen LogP contribution in [0.5, 0.6) is 5.88 Å². The van der Waals surface area contributed by atoms with Crippen LogP contribution in [-0.2, 0) is 10.9 Å². The van der Waals surface area contributed by atoms with Gasteiger partial charge in [0.05, 0.1) is 5.54 Å². The van der Waals surface area contributed by atoms with Gasteiger partial charge in [-0.15, -0.1) is 0 Å². The van der Waals surface area contributed by atoms with E-state index in [4.69, 9.17) is 4.74 Å². The summed E-state index contributed by atoms with van der Waals surface area (Å²) >= 11 is 0. The minimum Gasteiger partial charge on any atom is -0.476 e. The molecule has 23 heavy (non-hydrogen) atoms. The summed E-state index contributed by atoms with van der Waals surface area (Å²) in [6.45, 7) is 2.52. The first-order chi connectivity index (χ1) is 10.9. The molecule has 0 aromatic carbocycles. The molecule has 0 bridgehead atoms. The van der Waals surface area contributed by atoms with Crippen LogP contribution < -0.4 is 4.74 Å². The second-order valence-corrected chi connectivity index (χ2v) is 5.85. The first-order valence-corrected chi connectivity index (χ1v) is 7.58. The second-order valence-electron chi connectivity index (χ2n) is 5.85. The molecule has 3 rings (SSSR count). The number of nitrogens with zero attached hydrogens (tertiary/aromatic N) is 3. The van der Waals surface area contributed by atoms with Crippen LogP contribution in [-0.4, -0.2) is 54.3 Å². The number of hydrogen-bond acceptors (Lipinski definition) is 5. The van der Waals surface area contributed by atoms with E-state index in [0.29, 0.717) is 6.61 Å². The van der Waals surface area contributed by atoms with Crippen molar-refractivity contribution in [2.24, 2.45) is 0 Å². The Labute approximate surface area is 133 Å². The highest BCUT2D eigenvalue weighted by molar-refractivity contribution is 5.16. The Bertz CT molecular complexity index is 501. The largest absolute Gasteiger partial charge is 0.476 e. The third-order valence-electron chi connectivity index (χ3n) is 4.23. The van der Waals surface area contributed by atoms with Crippen molar-refractivity contribution in [2.75, 3.05) is 33.9 Å². The molecule has 130 valence electrons. The number of aromatic nitrogens is 2. The molecule has 0 aliphatic carbocycles. The Morgan fingerprint density at radius 1 is 1.17 bits per heavy atom. The summed E-state index contributed by atoms with van der Waals surface area (Å²) in [5.74, 6) is 0.000417. The zero-order chi connectivity index (χ0) is 16.9. The summed E-state index contributed by atoms with van der Waals surface area (Å²) < 4.78 is 47.5. The number of fused-ring (bicyclic) bond motifs is 1. The van der Waals surface area contributed by atoms with Gasteiger partial charge in [0, 0.05) is 20.3 Å². The van der Waals surface area contributed by atoms with Gasteiger partial charge in [0.2, 0.25) is 5.88 Å². The zero-order valence-electron chi connectivity index (χ0n) is 13.4. The fraction of sp³-hybridized carbons (Fsp3) is 0.733. The summed E-state index contributed by atoms with van der Waals surface area (Å²) in [5, 5.41) is 0. The molecular formula is C15H22F3N3O2. The van der Waals surface area contributed by atoms with Gasteiger partial charge in [0.25, 0.3) is 0 Å². The highest BCUT2D eigenvalue weighted by Crippen LogP contribution is 2.39. The average Bonchev–Trinajstić information content (AvgIpc) is 3.05. The summed E-state index contributed by atoms with van der Waals surface area (Å²) in [4.78, 5) is 9.39. The number of halogens is 3. The molecule has 2 aliphatic heterocycles. The maximum atomic E-state index is 12.6. The predicted molar refractivity (Wildman–Crippen MR) is 78.2 cm³/mol. The van der Waals surface area contributed by atoms with Gasteiger partial charge in [-0.25, -0.2) is 9.97 Å². The van der Waals surface area contributed by atoms with E-state index in [1.165, 1.54) is 0 Å². The lowest BCUT2D eigenvalue weighted by molar-refractivity contribution is -0.141. The standard InChI is InChI=1S/C13H16F3N3O.C2H6O/c14-13(15,16)10-7-11(18-9-17-10)20-8-12-3-1-5-19(12)6-2-4-12;1-3-2/h7,9H,1-6,8H2;1-2H3. The summed E-state index contributed by atoms with van der Waals surface area (Å²) in [6.07, 6.45) is 0.777. The molecule has 5 nitrogen and oxygen atoms in total. The summed E-state index contributed by atoms with van der Waals surface area (Å²) in [6, 6.07) is 0.866. The van der Waals surface area contributed by atoms with Crippen molar-refractivity contribution < 1.29 is 22.6 Å². The maximum absolute atomic E-state index is 12.6. The molecule has 1 aromatic heterocycles. The fourth-order valence-electron chi connectivity index (χ4n) is 3.24. The molecular weight excluding hydrogens is 311 g/mol. The molecule has 2 fully saturated rings. The van der Waals surface area contributed by atoms with E-state index in [2.05, 4.69) is 19.6 Å². The van der Waals surface area contributed by atoms with Crippen molar-refractivity contribution in [3.05, 3.63) is 18.1 Å². The highest BCUT2D eigenvalue weighted by atomic mass is 19.4. The van der Waals surface area contributed by atoms with Crippen molar-refractivity contribution in [1.29, 1.82) is 0 Å². The van der Waals surface area contributed by atoms with E-state index < -0.39 is 11.9 Å². The Kier molecular flexibility index (Phi) is 5.80. The van der Waals surface area contributed by atoms with Crippen LogP contribution in [0.15, 0.2) is 12.4 Å². The van der Waals surface area contributed by atoms with E-state index in [9.17, 15) is 13.2 Å². The van der Waals surface area contributed by atoms with Crippen molar-refractivity contribution >= 4 is 0 Å². The number of rotatable bonds is 3. The zero-order valence-corrected chi connectivity index (χ0v) is 13.4. The number of hydrogen-bond donors (Lipinski definition) is 0. The predicted octanol–water partition coefficient (Wildman–Crippen LogP) is 2.77. The average molecular weight is 333 g/mol. The third-order valence-corrected chi connectivity index (χ3v) is 4.23. The molecule has 0 spiro atoms. The van der Waals surface area contributed by atoms with Gasteiger partial charge < -0.3 is 9.47 Å². The van der Waals surface area contributed by atoms with Crippen LogP contribution >= 0.6 is 0 Å². The lowest BCUT2D eigenvalue weighted by Crippen LogP contribution is -2.43. The lowest BCUT2D eigenvalue weighted by atomic mass is 9.95. The van der Waals surface area contributed by atoms with Crippen LogP contribution in [0.2, 0.25) is 0 Å². The van der Waals surface area contributed by atoms with Gasteiger partial charge in [-0.05, 0) is 38.8 Å². The Balaban J connectivity index is 0.000000595. The number of methoxy groups -OCH3 is 1. The quantitative estimate of drug-likeness (QED) is 0.851. The summed E-state index contributed by atoms with van der Waals surface area (Å²) in [5.41, 5.74) is -0.960. The first kappa shape index (κ1) is 17.9. The highest BCUT2D eigenvalue weighted by Gasteiger charge is 2.45. The molecule has 0 saturated carbocycles. The topological polar surface area (TPSA) is 47.5 Å². The van der Waals surface area contributed by atoms with E-state index >= 15 is 0 Å². The molecule has 2 aliphatic rings. The van der Waals surface area contributed by atoms with Crippen molar-refractivity contribution in [2.45, 2.75) is 37.4 Å². The van der Waals surface area contributed by atoms with E-state index in [1.54, 1.807) is 14.2 Å². The van der Waals surface area contributed by atoms with Crippen molar-refractivity contribution in [1.82, 2.24) is 14.9 Å². The monoisotopic (exact) mass is 333 g/mol. The molecule has 1 aromatic rings. The minimum atomic E-state index is -4.47. The molecule has 2 saturated heterocycles. The second kappa shape index (κ2) is 7.44. The Morgan fingerprint density at radius 2 is 1.78 bits per heavy atom. The molecule has 0 unspecified atom stereocenters. The summed E-state index contributed by atoms with van der Waals surface area (Å²) in [7, 11) is 3.25. The minimum absolute atomic E-state index is 0.000417. The molecule has 0 radical (unpaired) electrons. The molecule has 8 heteroatoms. The smallest absolute Gasteiger partial charge is 0.433 e. The molecule has 0 atom stereocenters. The van der Waals surface area contributed by atoms with Gasteiger partial charge in [0.1, 0.15) is 12.9 Å². The van der Waals surface area contributed by atoms with Crippen LogP contribution in [0.4, 0.5) is 13.2 Å². The normalized spacial score (nSPS) is 19.9. The molecule has 0 amide bonds. The Morgan fingerprint density at radius 3 is 2.35 bits per heavy atom. The number of ether oxygens (including phenoxy) is 2. The fourth-order valence-corrected chi connectivity index (χ4v) is 3.24. The molecule has 3 heterocycles. The third kappa shape index (κ3) is 4.32. The van der Waals surface area contributed by atoms with Gasteiger partial charge in [-0.2, -0.15) is 13.2 Å². The van der Waals surface area contributed by atoms with Crippen LogP contribution in [0.3, 0.4) is 0 Å². The van der Waals surface area contributed by atoms with Gasteiger partial charge in [-0.1, -0.05) is 0 Å². The van der Waals surface area contributed by atoms with Crippen LogP contribution in [0, 0.1) is 0 Å². The van der Waals surface area contributed by atoms with Gasteiger partial charge >= 0.3 is 6.18 Å². The van der Waals surface area contributed by atoms with E-state index in [1.807, 2.05) is 0 Å². The van der Waals surface area contributed by atoms with Crippen LogP contribution in [0.1, 0.15) is 31.4 Å². The Hall–Kier alpha value is -1.41.